The van der Waals surface area contributed by atoms with Crippen LogP contribution < -0.4 is 5.73 Å². The zero-order valence-corrected chi connectivity index (χ0v) is 12.8. The number of ether oxygens (including phenoxy) is 1. The van der Waals surface area contributed by atoms with Crippen molar-refractivity contribution in [3.63, 3.8) is 0 Å². The number of piperidine rings is 1. The number of aryl methyl sites for hydroxylation is 1. The van der Waals surface area contributed by atoms with Gasteiger partial charge in [0.15, 0.2) is 0 Å². The van der Waals surface area contributed by atoms with Crippen molar-refractivity contribution in [1.82, 2.24) is 14.7 Å². The lowest BCUT2D eigenvalue weighted by molar-refractivity contribution is -0.134. The summed E-state index contributed by atoms with van der Waals surface area (Å²) in [5.41, 5.74) is 5.95. The zero-order valence-electron chi connectivity index (χ0n) is 12.8. The van der Waals surface area contributed by atoms with Gasteiger partial charge in [0.1, 0.15) is 6.04 Å². The van der Waals surface area contributed by atoms with Gasteiger partial charge in [0.05, 0.1) is 11.8 Å². The van der Waals surface area contributed by atoms with Crippen LogP contribution in [-0.4, -0.2) is 52.3 Å². The fourth-order valence-corrected chi connectivity index (χ4v) is 3.87. The van der Waals surface area contributed by atoms with E-state index in [9.17, 15) is 9.59 Å². The molecule has 3 rings (SSSR count). The van der Waals surface area contributed by atoms with E-state index in [1.807, 2.05) is 0 Å². The first-order chi connectivity index (χ1) is 10.5. The quantitative estimate of drug-likeness (QED) is 0.851. The highest BCUT2D eigenvalue weighted by molar-refractivity contribution is 5.97. The Labute approximate surface area is 129 Å². The van der Waals surface area contributed by atoms with E-state index < -0.39 is 11.9 Å². The third-order valence-electron chi connectivity index (χ3n) is 4.94. The minimum absolute atomic E-state index is 0.164. The highest BCUT2D eigenvalue weighted by atomic mass is 16.5. The number of hydrogen-bond acceptors (Lipinski definition) is 4. The predicted molar refractivity (Wildman–Crippen MR) is 78.9 cm³/mol. The summed E-state index contributed by atoms with van der Waals surface area (Å²) in [6.07, 6.45) is 6.56. The number of rotatable bonds is 2. The smallest absolute Gasteiger partial charge is 0.257 e. The van der Waals surface area contributed by atoms with Crippen LogP contribution in [0.3, 0.4) is 0 Å². The molecule has 22 heavy (non-hydrogen) atoms. The topological polar surface area (TPSA) is 90.5 Å². The molecule has 2 N–H and O–H groups in total. The van der Waals surface area contributed by atoms with Gasteiger partial charge in [-0.05, 0) is 25.7 Å². The Bertz CT molecular complexity index is 572. The molecular weight excluding hydrogens is 284 g/mol. The average molecular weight is 306 g/mol. The molecule has 120 valence electrons. The molecule has 2 aliphatic heterocycles. The monoisotopic (exact) mass is 306 g/mol. The number of aromatic nitrogens is 2. The third kappa shape index (κ3) is 2.49. The molecule has 1 aromatic rings. The number of amides is 2. The molecule has 2 fully saturated rings. The number of primary amides is 1. The second-order valence-electron chi connectivity index (χ2n) is 6.28. The Morgan fingerprint density at radius 2 is 2.09 bits per heavy atom. The van der Waals surface area contributed by atoms with E-state index in [1.54, 1.807) is 22.8 Å². The number of hydrogen-bond donors (Lipinski definition) is 1. The second kappa shape index (κ2) is 5.72. The van der Waals surface area contributed by atoms with Crippen LogP contribution in [0.5, 0.6) is 0 Å². The molecule has 7 heteroatoms. The van der Waals surface area contributed by atoms with E-state index in [2.05, 4.69) is 5.10 Å². The minimum Gasteiger partial charge on any atom is -0.381 e. The SMILES string of the molecule is Cn1cc(C(=O)N2CCCC3(CCOCC3)C2C(N)=O)cn1. The molecule has 7 nitrogen and oxygen atoms in total. The van der Waals surface area contributed by atoms with Crippen molar-refractivity contribution in [2.75, 3.05) is 19.8 Å². The lowest BCUT2D eigenvalue weighted by Gasteiger charge is -2.50. The van der Waals surface area contributed by atoms with Gasteiger partial charge in [-0.2, -0.15) is 5.10 Å². The van der Waals surface area contributed by atoms with Gasteiger partial charge in [0.2, 0.25) is 5.91 Å². The van der Waals surface area contributed by atoms with Gasteiger partial charge in [-0.1, -0.05) is 0 Å². The molecule has 0 aromatic carbocycles. The number of carbonyl (C=O) groups excluding carboxylic acids is 2. The van der Waals surface area contributed by atoms with Crippen LogP contribution in [0.15, 0.2) is 12.4 Å². The lowest BCUT2D eigenvalue weighted by Crippen LogP contribution is -2.61. The molecule has 0 radical (unpaired) electrons. The first-order valence-corrected chi connectivity index (χ1v) is 7.70. The maximum Gasteiger partial charge on any atom is 0.257 e. The van der Waals surface area contributed by atoms with Crippen molar-refractivity contribution in [1.29, 1.82) is 0 Å². The maximum atomic E-state index is 12.8. The molecule has 1 atom stereocenters. The van der Waals surface area contributed by atoms with Gasteiger partial charge >= 0.3 is 0 Å². The first-order valence-electron chi connectivity index (χ1n) is 7.70. The van der Waals surface area contributed by atoms with E-state index in [-0.39, 0.29) is 11.3 Å². The Morgan fingerprint density at radius 1 is 1.36 bits per heavy atom. The summed E-state index contributed by atoms with van der Waals surface area (Å²) in [4.78, 5) is 26.6. The third-order valence-corrected chi connectivity index (χ3v) is 4.94. The van der Waals surface area contributed by atoms with Gasteiger partial charge in [0.25, 0.3) is 5.91 Å². The van der Waals surface area contributed by atoms with Crippen molar-refractivity contribution in [3.8, 4) is 0 Å². The normalized spacial score (nSPS) is 24.4. The van der Waals surface area contributed by atoms with Gasteiger partial charge < -0.3 is 15.4 Å². The Balaban J connectivity index is 1.91. The van der Waals surface area contributed by atoms with Gasteiger partial charge in [-0.15, -0.1) is 0 Å². The number of nitrogens with two attached hydrogens (primary N) is 1. The van der Waals surface area contributed by atoms with Crippen molar-refractivity contribution in [2.24, 2.45) is 18.2 Å². The summed E-state index contributed by atoms with van der Waals surface area (Å²) < 4.78 is 7.02. The summed E-state index contributed by atoms with van der Waals surface area (Å²) in [7, 11) is 1.76. The molecule has 2 amide bonds. The molecule has 1 aromatic heterocycles. The van der Waals surface area contributed by atoms with E-state index >= 15 is 0 Å². The van der Waals surface area contributed by atoms with Crippen LogP contribution in [0.1, 0.15) is 36.0 Å². The molecule has 0 bridgehead atoms. The molecule has 1 spiro atoms. The number of likely N-dealkylation sites (tertiary alicyclic amines) is 1. The largest absolute Gasteiger partial charge is 0.381 e. The highest BCUT2D eigenvalue weighted by Gasteiger charge is 2.50. The molecular formula is C15H22N4O3. The van der Waals surface area contributed by atoms with Crippen LogP contribution in [0.4, 0.5) is 0 Å². The summed E-state index contributed by atoms with van der Waals surface area (Å²) in [6.45, 7) is 1.81. The van der Waals surface area contributed by atoms with E-state index in [1.165, 1.54) is 6.20 Å². The van der Waals surface area contributed by atoms with Crippen LogP contribution in [-0.2, 0) is 16.6 Å². The molecule has 0 aliphatic carbocycles. The van der Waals surface area contributed by atoms with Crippen molar-refractivity contribution < 1.29 is 14.3 Å². The van der Waals surface area contributed by atoms with Crippen LogP contribution in [0, 0.1) is 5.41 Å². The van der Waals surface area contributed by atoms with Crippen LogP contribution >= 0.6 is 0 Å². The summed E-state index contributed by atoms with van der Waals surface area (Å²) in [6, 6.07) is -0.558. The summed E-state index contributed by atoms with van der Waals surface area (Å²) in [5.74, 6) is -0.582. The van der Waals surface area contributed by atoms with E-state index in [0.717, 1.165) is 25.7 Å². The number of nitrogens with zero attached hydrogens (tertiary/aromatic N) is 3. The van der Waals surface area contributed by atoms with Gasteiger partial charge in [-0.25, -0.2) is 0 Å². The average Bonchev–Trinajstić information content (AvgIpc) is 2.93. The fourth-order valence-electron chi connectivity index (χ4n) is 3.87. The predicted octanol–water partition coefficient (Wildman–Crippen LogP) is 0.307. The van der Waals surface area contributed by atoms with Crippen LogP contribution in [0.2, 0.25) is 0 Å². The highest BCUT2D eigenvalue weighted by Crippen LogP contribution is 2.44. The number of carbonyl (C=O) groups is 2. The molecule has 1 unspecified atom stereocenters. The van der Waals surface area contributed by atoms with Gasteiger partial charge in [-0.3, -0.25) is 14.3 Å². The lowest BCUT2D eigenvalue weighted by atomic mass is 9.67. The Morgan fingerprint density at radius 3 is 2.68 bits per heavy atom. The van der Waals surface area contributed by atoms with E-state index in [0.29, 0.717) is 25.3 Å². The van der Waals surface area contributed by atoms with Crippen molar-refractivity contribution in [3.05, 3.63) is 18.0 Å². The first kappa shape index (κ1) is 15.0. The molecule has 2 aliphatic rings. The van der Waals surface area contributed by atoms with Crippen LogP contribution in [0.25, 0.3) is 0 Å². The second-order valence-corrected chi connectivity index (χ2v) is 6.28. The van der Waals surface area contributed by atoms with E-state index in [4.69, 9.17) is 10.5 Å². The fraction of sp³-hybridized carbons (Fsp3) is 0.667. The van der Waals surface area contributed by atoms with Crippen molar-refractivity contribution in [2.45, 2.75) is 31.7 Å². The summed E-state index contributed by atoms with van der Waals surface area (Å²) in [5, 5.41) is 4.04. The zero-order chi connectivity index (χ0) is 15.7. The standard InChI is InChI=1S/C15H22N4O3/c1-18-10-11(9-17-18)14(21)19-6-2-3-15(12(19)13(16)20)4-7-22-8-5-15/h9-10,12H,2-8H2,1H3,(H2,16,20). The Hall–Kier alpha value is -1.89. The maximum absolute atomic E-state index is 12.8. The summed E-state index contributed by atoms with van der Waals surface area (Å²) >= 11 is 0. The van der Waals surface area contributed by atoms with Crippen molar-refractivity contribution >= 4 is 11.8 Å². The Kier molecular flexibility index (Phi) is 3.90. The van der Waals surface area contributed by atoms with Gasteiger partial charge in [0, 0.05) is 38.4 Å². The molecule has 2 saturated heterocycles. The molecule has 0 saturated carbocycles. The minimum atomic E-state index is -0.558. The molecule has 3 heterocycles.